The lowest BCUT2D eigenvalue weighted by molar-refractivity contribution is -0.151. The predicted octanol–water partition coefficient (Wildman–Crippen LogP) is 0.518. The molecule has 1 rings (SSSR count). The number of carboxylic acid groups (broad SMARTS) is 1. The molecule has 0 heterocycles. The number of esters is 1. The molecule has 0 aromatic heterocycles. The van der Waals surface area contributed by atoms with Crippen molar-refractivity contribution >= 4 is 27.8 Å². The number of carbonyl (C=O) groups is 3. The van der Waals surface area contributed by atoms with Gasteiger partial charge < -0.3 is 52.5 Å². The van der Waals surface area contributed by atoms with E-state index in [4.69, 9.17) is 56.7 Å². The SMILES string of the molecule is O=C(CCC(=O)C(=O)O)OCCOCCOCCOCCOCCOCCOCCOCCOCCOCCOS(=O)(=O)c1ccccc1. The average Bonchev–Trinajstić information content (AvgIpc) is 3.09. The molecule has 49 heavy (non-hydrogen) atoms. The first-order valence-electron chi connectivity index (χ1n) is 15.9. The molecule has 0 amide bonds. The Balaban J connectivity index is 1.69. The normalized spacial score (nSPS) is 11.5. The van der Waals surface area contributed by atoms with Crippen LogP contribution in [0.5, 0.6) is 0 Å². The summed E-state index contributed by atoms with van der Waals surface area (Å²) in [7, 11) is -3.77. The summed E-state index contributed by atoms with van der Waals surface area (Å²) in [5.41, 5.74) is 0. The molecular formula is C31H50O17S. The molecule has 17 nitrogen and oxygen atoms in total. The van der Waals surface area contributed by atoms with Gasteiger partial charge in [-0.3, -0.25) is 13.8 Å². The fourth-order valence-corrected chi connectivity index (χ4v) is 4.24. The molecule has 0 spiro atoms. The van der Waals surface area contributed by atoms with Gasteiger partial charge in [-0.15, -0.1) is 0 Å². The van der Waals surface area contributed by atoms with Gasteiger partial charge in [0.25, 0.3) is 10.1 Å². The molecule has 0 saturated carbocycles. The van der Waals surface area contributed by atoms with Crippen molar-refractivity contribution < 1.29 is 79.5 Å². The number of rotatable bonds is 36. The Hall–Kier alpha value is -2.62. The molecule has 1 N–H and O–H groups in total. The van der Waals surface area contributed by atoms with Crippen LogP contribution in [0.15, 0.2) is 35.2 Å². The van der Waals surface area contributed by atoms with Gasteiger partial charge in [-0.25, -0.2) is 4.79 Å². The van der Waals surface area contributed by atoms with Gasteiger partial charge in [0, 0.05) is 6.42 Å². The monoisotopic (exact) mass is 726 g/mol. The van der Waals surface area contributed by atoms with E-state index >= 15 is 0 Å². The summed E-state index contributed by atoms with van der Waals surface area (Å²) in [6.07, 6.45) is -0.675. The Kier molecular flexibility index (Phi) is 28.4. The first-order chi connectivity index (χ1) is 23.8. The van der Waals surface area contributed by atoms with Gasteiger partial charge in [-0.1, -0.05) is 18.2 Å². The third-order valence-corrected chi connectivity index (χ3v) is 7.09. The number of benzene rings is 1. The molecule has 1 aromatic rings. The van der Waals surface area contributed by atoms with Crippen molar-refractivity contribution in [1.82, 2.24) is 0 Å². The quantitative estimate of drug-likeness (QED) is 0.0433. The van der Waals surface area contributed by atoms with Crippen LogP contribution >= 0.6 is 0 Å². The van der Waals surface area contributed by atoms with Gasteiger partial charge in [-0.05, 0) is 12.1 Å². The fraction of sp³-hybridized carbons (Fsp3) is 0.710. The molecule has 0 fully saturated rings. The minimum Gasteiger partial charge on any atom is -0.476 e. The number of ether oxygens (including phenoxy) is 10. The summed E-state index contributed by atoms with van der Waals surface area (Å²) < 4.78 is 82.1. The van der Waals surface area contributed by atoms with E-state index < -0.39 is 34.3 Å². The topological polar surface area (TPSA) is 207 Å². The summed E-state index contributed by atoms with van der Waals surface area (Å²) in [6, 6.07) is 7.92. The van der Waals surface area contributed by atoms with E-state index in [1.807, 2.05) is 0 Å². The number of Topliss-reactive ketones (excluding diaryl/α,β-unsaturated/α-hetero) is 1. The van der Waals surface area contributed by atoms with Crippen LogP contribution in [0, 0.1) is 0 Å². The molecule has 0 aliphatic rings. The second kappa shape index (κ2) is 31.4. The second-order valence-electron chi connectivity index (χ2n) is 9.55. The van der Waals surface area contributed by atoms with E-state index in [2.05, 4.69) is 0 Å². The fourth-order valence-electron chi connectivity index (χ4n) is 3.33. The largest absolute Gasteiger partial charge is 0.476 e. The Bertz CT molecular complexity index is 1070. The van der Waals surface area contributed by atoms with Crippen molar-refractivity contribution in [1.29, 1.82) is 0 Å². The van der Waals surface area contributed by atoms with Crippen LogP contribution < -0.4 is 0 Å². The van der Waals surface area contributed by atoms with Crippen molar-refractivity contribution in [3.63, 3.8) is 0 Å². The molecule has 0 bridgehead atoms. The van der Waals surface area contributed by atoms with Crippen LogP contribution in [0.1, 0.15) is 12.8 Å². The molecule has 0 aliphatic heterocycles. The summed E-state index contributed by atoms with van der Waals surface area (Å²) in [6.45, 7) is 6.60. The van der Waals surface area contributed by atoms with Crippen molar-refractivity contribution in [2.45, 2.75) is 17.7 Å². The predicted molar refractivity (Wildman–Crippen MR) is 170 cm³/mol. The lowest BCUT2D eigenvalue weighted by Gasteiger charge is -2.09. The van der Waals surface area contributed by atoms with Crippen LogP contribution in [0.4, 0.5) is 0 Å². The number of aliphatic carboxylic acids is 1. The van der Waals surface area contributed by atoms with Crippen LogP contribution in [-0.4, -0.2) is 163 Å². The van der Waals surface area contributed by atoms with Gasteiger partial charge in [0.1, 0.15) is 6.61 Å². The summed E-state index contributed by atoms with van der Waals surface area (Å²) >= 11 is 0. The molecule has 18 heteroatoms. The highest BCUT2D eigenvalue weighted by Gasteiger charge is 2.15. The molecule has 0 radical (unpaired) electrons. The minimum atomic E-state index is -3.77. The zero-order chi connectivity index (χ0) is 35.7. The van der Waals surface area contributed by atoms with E-state index in [0.717, 1.165) is 0 Å². The third kappa shape index (κ3) is 27.8. The van der Waals surface area contributed by atoms with Gasteiger partial charge in [0.15, 0.2) is 0 Å². The minimum absolute atomic E-state index is 0.00432. The maximum atomic E-state index is 12.0. The molecule has 1 aromatic carbocycles. The van der Waals surface area contributed by atoms with E-state index in [1.54, 1.807) is 18.2 Å². The number of hydrogen-bond donors (Lipinski definition) is 1. The average molecular weight is 727 g/mol. The molecule has 0 unspecified atom stereocenters. The van der Waals surface area contributed by atoms with E-state index in [1.165, 1.54) is 12.1 Å². The number of ketones is 1. The Morgan fingerprint density at radius 3 is 1.14 bits per heavy atom. The van der Waals surface area contributed by atoms with Crippen molar-refractivity contribution in [2.24, 2.45) is 0 Å². The summed E-state index contributed by atoms with van der Waals surface area (Å²) in [5, 5.41) is 8.44. The van der Waals surface area contributed by atoms with Gasteiger partial charge >= 0.3 is 11.9 Å². The smallest absolute Gasteiger partial charge is 0.372 e. The lowest BCUT2D eigenvalue weighted by Crippen LogP contribution is -2.17. The zero-order valence-corrected chi connectivity index (χ0v) is 28.6. The Morgan fingerprint density at radius 2 is 0.796 bits per heavy atom. The van der Waals surface area contributed by atoms with Crippen LogP contribution in [0.25, 0.3) is 0 Å². The van der Waals surface area contributed by atoms with Crippen molar-refractivity contribution in [2.75, 3.05) is 132 Å². The van der Waals surface area contributed by atoms with E-state index in [9.17, 15) is 22.8 Å². The van der Waals surface area contributed by atoms with Crippen molar-refractivity contribution in [3.8, 4) is 0 Å². The van der Waals surface area contributed by atoms with Gasteiger partial charge in [-0.2, -0.15) is 8.42 Å². The standard InChI is InChI=1S/C31H50O17S/c32-29(31(34)35)6-7-30(33)47-26-24-45-22-20-43-18-16-41-14-12-39-10-8-38-9-11-40-13-15-42-17-19-44-21-23-46-25-27-48-49(36,37)28-4-2-1-3-5-28/h1-5H,6-27H2,(H,34,35). The third-order valence-electron chi connectivity index (χ3n) is 5.76. The number of hydrogen-bond acceptors (Lipinski definition) is 16. The number of carboxylic acids is 1. The first kappa shape index (κ1) is 44.4. The Morgan fingerprint density at radius 1 is 0.469 bits per heavy atom. The van der Waals surface area contributed by atoms with Crippen LogP contribution in [0.2, 0.25) is 0 Å². The highest BCUT2D eigenvalue weighted by atomic mass is 32.2. The molecule has 0 atom stereocenters. The molecular weight excluding hydrogens is 676 g/mol. The maximum absolute atomic E-state index is 12.0. The van der Waals surface area contributed by atoms with E-state index in [0.29, 0.717) is 106 Å². The molecule has 0 saturated heterocycles. The summed E-state index contributed by atoms with van der Waals surface area (Å²) in [4.78, 5) is 32.7. The van der Waals surface area contributed by atoms with E-state index in [-0.39, 0.29) is 37.7 Å². The summed E-state index contributed by atoms with van der Waals surface area (Å²) in [5.74, 6) is -3.26. The zero-order valence-electron chi connectivity index (χ0n) is 27.8. The van der Waals surface area contributed by atoms with Gasteiger partial charge in [0.2, 0.25) is 5.78 Å². The van der Waals surface area contributed by atoms with Crippen LogP contribution in [-0.2, 0) is 76.1 Å². The second-order valence-corrected chi connectivity index (χ2v) is 11.2. The first-order valence-corrected chi connectivity index (χ1v) is 17.3. The van der Waals surface area contributed by atoms with Gasteiger partial charge in [0.05, 0.1) is 137 Å². The molecule has 282 valence electrons. The van der Waals surface area contributed by atoms with Crippen LogP contribution in [0.3, 0.4) is 0 Å². The molecule has 0 aliphatic carbocycles. The number of carbonyl (C=O) groups excluding carboxylic acids is 2. The van der Waals surface area contributed by atoms with Crippen molar-refractivity contribution in [3.05, 3.63) is 30.3 Å². The Labute approximate surface area is 287 Å². The lowest BCUT2D eigenvalue weighted by atomic mass is 10.2. The highest BCUT2D eigenvalue weighted by Crippen LogP contribution is 2.10. The maximum Gasteiger partial charge on any atom is 0.372 e. The highest BCUT2D eigenvalue weighted by molar-refractivity contribution is 7.86.